The molecule has 0 heterocycles. The molecule has 27 heavy (non-hydrogen) atoms. The highest BCUT2D eigenvalue weighted by molar-refractivity contribution is 5.66. The van der Waals surface area contributed by atoms with Gasteiger partial charge < -0.3 is 14.8 Å². The maximum Gasteiger partial charge on any atom is 0.137 e. The summed E-state index contributed by atoms with van der Waals surface area (Å²) < 4.78 is 39.9. The van der Waals surface area contributed by atoms with Crippen LogP contribution in [0.4, 0.5) is 14.5 Å². The normalized spacial score (nSPS) is 10.6. The van der Waals surface area contributed by atoms with Crippen LogP contribution in [0.1, 0.15) is 11.1 Å². The molecule has 0 saturated heterocycles. The van der Waals surface area contributed by atoms with E-state index in [0.717, 1.165) is 16.8 Å². The minimum Gasteiger partial charge on any atom is -0.497 e. The largest absolute Gasteiger partial charge is 0.497 e. The van der Waals surface area contributed by atoms with Crippen molar-refractivity contribution in [2.75, 3.05) is 19.5 Å². The Hall–Kier alpha value is -3.08. The van der Waals surface area contributed by atoms with E-state index >= 15 is 0 Å². The molecule has 0 aliphatic rings. The number of rotatable bonds is 6. The Balaban J connectivity index is 1.85. The smallest absolute Gasteiger partial charge is 0.137 e. The number of hydrogen-bond donors (Lipinski definition) is 1. The van der Waals surface area contributed by atoms with Gasteiger partial charge in [0.05, 0.1) is 12.7 Å². The molecule has 0 spiro atoms. The number of ether oxygens (including phenoxy) is 2. The lowest BCUT2D eigenvalue weighted by molar-refractivity contribution is 0.302. The van der Waals surface area contributed by atoms with Gasteiger partial charge in [0.25, 0.3) is 0 Å². The molecule has 0 atom stereocenters. The van der Waals surface area contributed by atoms with E-state index in [1.807, 2.05) is 32.2 Å². The van der Waals surface area contributed by atoms with Gasteiger partial charge in [-0.25, -0.2) is 8.78 Å². The highest BCUT2D eigenvalue weighted by Crippen LogP contribution is 2.31. The van der Waals surface area contributed by atoms with E-state index in [1.165, 1.54) is 19.2 Å². The Kier molecular flexibility index (Phi) is 5.60. The number of hydrogen-bond acceptors (Lipinski definition) is 3. The third kappa shape index (κ3) is 4.03. The molecule has 140 valence electrons. The Morgan fingerprint density at radius 2 is 1.59 bits per heavy atom. The first-order valence-electron chi connectivity index (χ1n) is 8.56. The van der Waals surface area contributed by atoms with Gasteiger partial charge >= 0.3 is 0 Å². The predicted octanol–water partition coefficient (Wildman–Crippen LogP) is 5.57. The number of anilines is 1. The monoisotopic (exact) mass is 369 g/mol. The van der Waals surface area contributed by atoms with E-state index in [-0.39, 0.29) is 17.9 Å². The first kappa shape index (κ1) is 18.7. The van der Waals surface area contributed by atoms with Gasteiger partial charge in [0.1, 0.15) is 29.7 Å². The van der Waals surface area contributed by atoms with Gasteiger partial charge in [-0.2, -0.15) is 0 Å². The fraction of sp³-hybridized carbons (Fsp3) is 0.182. The average molecular weight is 369 g/mol. The van der Waals surface area contributed by atoms with Crippen molar-refractivity contribution in [1.29, 1.82) is 0 Å². The molecule has 3 nitrogen and oxygen atoms in total. The second kappa shape index (κ2) is 8.08. The third-order valence-electron chi connectivity index (χ3n) is 4.46. The van der Waals surface area contributed by atoms with Crippen LogP contribution in [-0.2, 0) is 6.61 Å². The predicted molar refractivity (Wildman–Crippen MR) is 103 cm³/mol. The van der Waals surface area contributed by atoms with E-state index in [4.69, 9.17) is 9.47 Å². The lowest BCUT2D eigenvalue weighted by Gasteiger charge is -2.14. The molecule has 0 fully saturated rings. The SMILES string of the molecule is CNc1cccc(C)c1COc1cc(F)c(-c2ccc(OC)cc2)c(F)c1. The van der Waals surface area contributed by atoms with Crippen LogP contribution in [-0.4, -0.2) is 14.2 Å². The molecule has 0 bridgehead atoms. The van der Waals surface area contributed by atoms with Crippen LogP contribution >= 0.6 is 0 Å². The molecule has 5 heteroatoms. The highest BCUT2D eigenvalue weighted by Gasteiger charge is 2.15. The molecule has 0 aliphatic carbocycles. The van der Waals surface area contributed by atoms with Crippen molar-refractivity contribution in [3.8, 4) is 22.6 Å². The summed E-state index contributed by atoms with van der Waals surface area (Å²) in [5, 5.41) is 3.10. The minimum absolute atomic E-state index is 0.0863. The molecule has 0 aromatic heterocycles. The molecule has 0 aliphatic heterocycles. The van der Waals surface area contributed by atoms with Crippen molar-refractivity contribution in [2.45, 2.75) is 13.5 Å². The van der Waals surface area contributed by atoms with Crippen molar-refractivity contribution < 1.29 is 18.3 Å². The van der Waals surface area contributed by atoms with Crippen molar-refractivity contribution in [3.05, 3.63) is 77.4 Å². The van der Waals surface area contributed by atoms with Crippen LogP contribution in [0, 0.1) is 18.6 Å². The minimum atomic E-state index is -0.672. The first-order valence-corrected chi connectivity index (χ1v) is 8.56. The molecule has 0 radical (unpaired) electrons. The zero-order chi connectivity index (χ0) is 19.4. The Morgan fingerprint density at radius 3 is 2.19 bits per heavy atom. The van der Waals surface area contributed by atoms with E-state index in [0.29, 0.717) is 11.3 Å². The van der Waals surface area contributed by atoms with Crippen LogP contribution in [0.5, 0.6) is 11.5 Å². The topological polar surface area (TPSA) is 30.5 Å². The quantitative estimate of drug-likeness (QED) is 0.616. The van der Waals surface area contributed by atoms with Gasteiger partial charge in [0.2, 0.25) is 0 Å². The van der Waals surface area contributed by atoms with Crippen molar-refractivity contribution >= 4 is 5.69 Å². The molecular weight excluding hydrogens is 348 g/mol. The molecule has 3 rings (SSSR count). The van der Waals surface area contributed by atoms with E-state index in [1.54, 1.807) is 24.3 Å². The molecular formula is C22H21F2NO2. The van der Waals surface area contributed by atoms with Gasteiger partial charge in [-0.1, -0.05) is 24.3 Å². The zero-order valence-corrected chi connectivity index (χ0v) is 15.5. The second-order valence-corrected chi connectivity index (χ2v) is 6.13. The molecule has 0 unspecified atom stereocenters. The van der Waals surface area contributed by atoms with Crippen LogP contribution in [0.15, 0.2) is 54.6 Å². The first-order chi connectivity index (χ1) is 13.0. The highest BCUT2D eigenvalue weighted by atomic mass is 19.1. The van der Waals surface area contributed by atoms with Gasteiger partial charge in [-0.15, -0.1) is 0 Å². The van der Waals surface area contributed by atoms with Crippen LogP contribution in [0.2, 0.25) is 0 Å². The number of benzene rings is 3. The summed E-state index contributed by atoms with van der Waals surface area (Å²) in [6.45, 7) is 2.18. The van der Waals surface area contributed by atoms with Crippen LogP contribution in [0.3, 0.4) is 0 Å². The standard InChI is InChI=1S/C22H21F2NO2/c1-14-5-4-6-21(25-2)18(14)13-27-17-11-19(23)22(20(24)12-17)15-7-9-16(26-3)10-8-15/h4-12,25H,13H2,1-3H3. The maximum atomic E-state index is 14.6. The lowest BCUT2D eigenvalue weighted by Crippen LogP contribution is -2.04. The third-order valence-corrected chi connectivity index (χ3v) is 4.46. The summed E-state index contributed by atoms with van der Waals surface area (Å²) in [5.74, 6) is -0.576. The van der Waals surface area contributed by atoms with Gasteiger partial charge in [-0.3, -0.25) is 0 Å². The fourth-order valence-corrected chi connectivity index (χ4v) is 2.95. The summed E-state index contributed by atoms with van der Waals surface area (Å²) in [7, 11) is 3.36. The van der Waals surface area contributed by atoms with Gasteiger partial charge in [-0.05, 0) is 36.2 Å². The zero-order valence-electron chi connectivity index (χ0n) is 15.5. The summed E-state index contributed by atoms with van der Waals surface area (Å²) >= 11 is 0. The number of methoxy groups -OCH3 is 1. The number of nitrogens with one attached hydrogen (secondary N) is 1. The summed E-state index contributed by atoms with van der Waals surface area (Å²) in [6, 6.07) is 14.8. The average Bonchev–Trinajstić information content (AvgIpc) is 2.67. The van der Waals surface area contributed by atoms with Crippen molar-refractivity contribution in [3.63, 3.8) is 0 Å². The molecule has 3 aromatic carbocycles. The lowest BCUT2D eigenvalue weighted by atomic mass is 10.0. The van der Waals surface area contributed by atoms with Crippen molar-refractivity contribution in [1.82, 2.24) is 0 Å². The van der Waals surface area contributed by atoms with E-state index in [2.05, 4.69) is 5.32 Å². The summed E-state index contributed by atoms with van der Waals surface area (Å²) in [5.41, 5.74) is 3.26. The number of aryl methyl sites for hydroxylation is 1. The maximum absolute atomic E-state index is 14.6. The Bertz CT molecular complexity index is 917. The summed E-state index contributed by atoms with van der Waals surface area (Å²) in [6.07, 6.45) is 0. The number of halogens is 2. The molecule has 0 saturated carbocycles. The van der Waals surface area contributed by atoms with Crippen molar-refractivity contribution in [2.24, 2.45) is 0 Å². The van der Waals surface area contributed by atoms with Crippen LogP contribution in [0.25, 0.3) is 11.1 Å². The fourth-order valence-electron chi connectivity index (χ4n) is 2.95. The van der Waals surface area contributed by atoms with E-state index < -0.39 is 11.6 Å². The Labute approximate surface area is 157 Å². The van der Waals surface area contributed by atoms with Crippen LogP contribution < -0.4 is 14.8 Å². The summed E-state index contributed by atoms with van der Waals surface area (Å²) in [4.78, 5) is 0. The van der Waals surface area contributed by atoms with Gasteiger partial charge in [0.15, 0.2) is 0 Å². The second-order valence-electron chi connectivity index (χ2n) is 6.13. The molecule has 3 aromatic rings. The molecule has 0 amide bonds. The van der Waals surface area contributed by atoms with Gasteiger partial charge in [0, 0.05) is 30.4 Å². The van der Waals surface area contributed by atoms with E-state index in [9.17, 15) is 8.78 Å². The Morgan fingerprint density at radius 1 is 0.926 bits per heavy atom. The molecule has 1 N–H and O–H groups in total.